The van der Waals surface area contributed by atoms with Crippen LogP contribution in [0.1, 0.15) is 15.9 Å². The highest BCUT2D eigenvalue weighted by molar-refractivity contribution is 7.88. The normalized spacial score (nSPS) is 11.4. The van der Waals surface area contributed by atoms with Crippen molar-refractivity contribution in [2.45, 2.75) is 6.54 Å². The largest absolute Gasteiger partial charge is 0.496 e. The molecule has 0 saturated heterocycles. The molecule has 1 amide bonds. The monoisotopic (exact) mass is 398 g/mol. The molecule has 0 atom stereocenters. The zero-order valence-electron chi connectivity index (χ0n) is 14.9. The van der Waals surface area contributed by atoms with E-state index in [0.29, 0.717) is 11.3 Å². The van der Waals surface area contributed by atoms with Gasteiger partial charge in [-0.3, -0.25) is 4.79 Å². The summed E-state index contributed by atoms with van der Waals surface area (Å²) in [5, 5.41) is 2.50. The highest BCUT2D eigenvalue weighted by atomic mass is 32.2. The van der Waals surface area contributed by atoms with Crippen LogP contribution >= 0.6 is 0 Å². The molecule has 0 aliphatic rings. The molecule has 0 aromatic heterocycles. The first kappa shape index (κ1) is 20.8. The Morgan fingerprint density at radius 2 is 1.85 bits per heavy atom. The molecule has 0 fully saturated rings. The quantitative estimate of drug-likeness (QED) is 0.740. The summed E-state index contributed by atoms with van der Waals surface area (Å²) in [5.74, 6) is -2.25. The first-order valence-electron chi connectivity index (χ1n) is 8.02. The number of methoxy groups -OCH3 is 1. The fraction of sp³-hybridized carbons (Fsp3) is 0.278. The van der Waals surface area contributed by atoms with E-state index in [1.165, 1.54) is 11.4 Å². The third-order valence-electron chi connectivity index (χ3n) is 3.84. The predicted octanol–water partition coefficient (Wildman–Crippen LogP) is 2.17. The van der Waals surface area contributed by atoms with Crippen LogP contribution in [0.25, 0.3) is 0 Å². The van der Waals surface area contributed by atoms with Crippen molar-refractivity contribution >= 4 is 15.9 Å². The maximum atomic E-state index is 13.2. The van der Waals surface area contributed by atoms with Crippen molar-refractivity contribution in [1.29, 1.82) is 0 Å². The number of hydrogen-bond acceptors (Lipinski definition) is 4. The van der Waals surface area contributed by atoms with Crippen LogP contribution in [-0.4, -0.2) is 45.1 Å². The van der Waals surface area contributed by atoms with E-state index < -0.39 is 27.6 Å². The van der Waals surface area contributed by atoms with E-state index >= 15 is 0 Å². The van der Waals surface area contributed by atoms with E-state index in [2.05, 4.69) is 5.32 Å². The standard InChI is InChI=1S/C18H20F2N2O4S/c1-26-17-6-4-3-5-14(17)12-22(27(2,24)25)10-9-21-18(23)13-7-8-15(19)16(20)11-13/h3-8,11H,9-10,12H2,1-2H3,(H,21,23). The molecule has 6 nitrogen and oxygen atoms in total. The van der Waals surface area contributed by atoms with Gasteiger partial charge < -0.3 is 10.1 Å². The number of benzene rings is 2. The highest BCUT2D eigenvalue weighted by Crippen LogP contribution is 2.20. The molecular formula is C18H20F2N2O4S. The van der Waals surface area contributed by atoms with E-state index in [-0.39, 0.29) is 25.2 Å². The Balaban J connectivity index is 2.02. The van der Waals surface area contributed by atoms with Crippen molar-refractivity contribution in [2.24, 2.45) is 0 Å². The van der Waals surface area contributed by atoms with Gasteiger partial charge in [-0.15, -0.1) is 0 Å². The summed E-state index contributed by atoms with van der Waals surface area (Å²) in [4.78, 5) is 12.0. The smallest absolute Gasteiger partial charge is 0.251 e. The van der Waals surface area contributed by atoms with Crippen LogP contribution in [0.2, 0.25) is 0 Å². The van der Waals surface area contributed by atoms with Gasteiger partial charge in [-0.05, 0) is 24.3 Å². The van der Waals surface area contributed by atoms with Crippen LogP contribution in [0.5, 0.6) is 5.75 Å². The summed E-state index contributed by atoms with van der Waals surface area (Å²) in [5.41, 5.74) is 0.627. The third-order valence-corrected chi connectivity index (χ3v) is 5.09. The van der Waals surface area contributed by atoms with E-state index in [1.807, 2.05) is 0 Å². The van der Waals surface area contributed by atoms with Crippen molar-refractivity contribution in [1.82, 2.24) is 9.62 Å². The van der Waals surface area contributed by atoms with Gasteiger partial charge in [-0.2, -0.15) is 4.31 Å². The second kappa shape index (κ2) is 8.92. The summed E-state index contributed by atoms with van der Waals surface area (Å²) in [6.07, 6.45) is 1.07. The number of carbonyl (C=O) groups excluding carboxylic acids is 1. The van der Waals surface area contributed by atoms with Crippen LogP contribution in [-0.2, 0) is 16.6 Å². The number of nitrogens with zero attached hydrogens (tertiary/aromatic N) is 1. The summed E-state index contributed by atoms with van der Waals surface area (Å²) in [6.45, 7) is 0.0796. The Bertz CT molecular complexity index is 919. The Morgan fingerprint density at radius 3 is 2.48 bits per heavy atom. The lowest BCUT2D eigenvalue weighted by Gasteiger charge is -2.21. The molecule has 27 heavy (non-hydrogen) atoms. The minimum Gasteiger partial charge on any atom is -0.496 e. The molecule has 1 N–H and O–H groups in total. The van der Waals surface area contributed by atoms with Crippen molar-refractivity contribution in [3.8, 4) is 5.75 Å². The number of carbonyl (C=O) groups is 1. The van der Waals surface area contributed by atoms with Crippen LogP contribution in [0.15, 0.2) is 42.5 Å². The zero-order valence-corrected chi connectivity index (χ0v) is 15.7. The average molecular weight is 398 g/mol. The van der Waals surface area contributed by atoms with Gasteiger partial charge in [0.05, 0.1) is 13.4 Å². The van der Waals surface area contributed by atoms with Crippen molar-refractivity contribution in [3.63, 3.8) is 0 Å². The third kappa shape index (κ3) is 5.73. The van der Waals surface area contributed by atoms with E-state index in [0.717, 1.165) is 24.5 Å². The molecule has 0 aliphatic heterocycles. The van der Waals surface area contributed by atoms with E-state index in [4.69, 9.17) is 4.74 Å². The van der Waals surface area contributed by atoms with Crippen LogP contribution < -0.4 is 10.1 Å². The molecule has 0 heterocycles. The van der Waals surface area contributed by atoms with Crippen LogP contribution in [0, 0.1) is 11.6 Å². The number of halogens is 2. The molecule has 0 aliphatic carbocycles. The fourth-order valence-corrected chi connectivity index (χ4v) is 3.22. The number of hydrogen-bond donors (Lipinski definition) is 1. The van der Waals surface area contributed by atoms with Gasteiger partial charge in [0.15, 0.2) is 11.6 Å². The topological polar surface area (TPSA) is 75.7 Å². The molecule has 2 rings (SSSR count). The van der Waals surface area contributed by atoms with Gasteiger partial charge in [0.25, 0.3) is 5.91 Å². The van der Waals surface area contributed by atoms with Gasteiger partial charge in [0, 0.05) is 30.8 Å². The molecule has 0 radical (unpaired) electrons. The van der Waals surface area contributed by atoms with Gasteiger partial charge in [0.2, 0.25) is 10.0 Å². The number of sulfonamides is 1. The average Bonchev–Trinajstić information content (AvgIpc) is 2.62. The number of rotatable bonds is 8. The van der Waals surface area contributed by atoms with Crippen molar-refractivity contribution in [2.75, 3.05) is 26.5 Å². The number of nitrogens with one attached hydrogen (secondary N) is 1. The Labute approximate surface area is 156 Å². The minimum atomic E-state index is -3.55. The van der Waals surface area contributed by atoms with Crippen LogP contribution in [0.4, 0.5) is 8.78 Å². The lowest BCUT2D eigenvalue weighted by atomic mass is 10.2. The van der Waals surface area contributed by atoms with Crippen molar-refractivity contribution in [3.05, 3.63) is 65.2 Å². The number of ether oxygens (including phenoxy) is 1. The fourth-order valence-electron chi connectivity index (χ4n) is 2.42. The highest BCUT2D eigenvalue weighted by Gasteiger charge is 2.19. The van der Waals surface area contributed by atoms with Gasteiger partial charge >= 0.3 is 0 Å². The first-order valence-corrected chi connectivity index (χ1v) is 9.87. The molecule has 0 unspecified atom stereocenters. The minimum absolute atomic E-state index is 0.0000475. The lowest BCUT2D eigenvalue weighted by Crippen LogP contribution is -2.37. The molecular weight excluding hydrogens is 378 g/mol. The van der Waals surface area contributed by atoms with Gasteiger partial charge in [-0.25, -0.2) is 17.2 Å². The Kier molecular flexibility index (Phi) is 6.86. The summed E-state index contributed by atoms with van der Waals surface area (Å²) < 4.78 is 56.6. The van der Waals surface area contributed by atoms with E-state index in [9.17, 15) is 22.0 Å². The molecule has 0 saturated carbocycles. The molecule has 2 aromatic carbocycles. The van der Waals surface area contributed by atoms with Crippen LogP contribution in [0.3, 0.4) is 0 Å². The summed E-state index contributed by atoms with van der Waals surface area (Å²) in [7, 11) is -2.05. The number of amides is 1. The molecule has 0 spiro atoms. The first-order chi connectivity index (χ1) is 12.7. The maximum Gasteiger partial charge on any atom is 0.251 e. The van der Waals surface area contributed by atoms with Crippen molar-refractivity contribution < 1.29 is 26.7 Å². The second-order valence-electron chi connectivity index (χ2n) is 5.79. The second-order valence-corrected chi connectivity index (χ2v) is 7.78. The Morgan fingerprint density at radius 1 is 1.15 bits per heavy atom. The molecule has 146 valence electrons. The van der Waals surface area contributed by atoms with E-state index in [1.54, 1.807) is 24.3 Å². The van der Waals surface area contributed by atoms with Gasteiger partial charge in [0.1, 0.15) is 5.75 Å². The lowest BCUT2D eigenvalue weighted by molar-refractivity contribution is 0.0951. The molecule has 9 heteroatoms. The Hall–Kier alpha value is -2.52. The summed E-state index contributed by atoms with van der Waals surface area (Å²) >= 11 is 0. The van der Waals surface area contributed by atoms with Gasteiger partial charge in [-0.1, -0.05) is 18.2 Å². The maximum absolute atomic E-state index is 13.2. The molecule has 2 aromatic rings. The number of para-hydroxylation sites is 1. The molecule has 0 bridgehead atoms. The summed E-state index contributed by atoms with van der Waals surface area (Å²) in [6, 6.07) is 9.80. The zero-order chi connectivity index (χ0) is 20.0. The predicted molar refractivity (Wildman–Crippen MR) is 96.9 cm³/mol. The SMILES string of the molecule is COc1ccccc1CN(CCNC(=O)c1ccc(F)c(F)c1)S(C)(=O)=O.